The quantitative estimate of drug-likeness (QED) is 0.571. The Bertz CT molecular complexity index is 578. The van der Waals surface area contributed by atoms with Crippen LogP contribution in [0, 0.1) is 6.07 Å². The van der Waals surface area contributed by atoms with E-state index in [9.17, 15) is 0 Å². The number of furan rings is 1. The molecule has 0 saturated heterocycles. The minimum Gasteiger partial charge on any atom is -0.464 e. The molecule has 0 aliphatic rings. The van der Waals surface area contributed by atoms with Gasteiger partial charge in [-0.1, -0.05) is 30.3 Å². The predicted molar refractivity (Wildman–Crippen MR) is 60.5 cm³/mol. The summed E-state index contributed by atoms with van der Waals surface area (Å²) in [7, 11) is 0. The maximum absolute atomic E-state index is 5.48. The van der Waals surface area contributed by atoms with Crippen molar-refractivity contribution in [3.63, 3.8) is 0 Å². The number of hydrogen-bond acceptors (Lipinski definition) is 1. The third-order valence-electron chi connectivity index (χ3n) is 2.49. The van der Waals surface area contributed by atoms with Crippen LogP contribution in [0.2, 0.25) is 0 Å². The molecule has 0 atom stereocenters. The average Bonchev–Trinajstić information content (AvgIpc) is 2.78. The molecular formula is C14H9O. The second-order valence-electron chi connectivity index (χ2n) is 3.44. The standard InChI is InChI=1S/C14H9O/c1-2-5-11(6-3-1)13-8-4-7-12-9-10-15-14(12)13/h1-3,5-10H. The summed E-state index contributed by atoms with van der Waals surface area (Å²) in [6, 6.07) is 19.2. The maximum atomic E-state index is 5.48. The molecule has 3 aromatic rings. The zero-order valence-corrected chi connectivity index (χ0v) is 8.10. The number of benzene rings is 2. The molecule has 3 rings (SSSR count). The number of hydrogen-bond donors (Lipinski definition) is 0. The van der Waals surface area contributed by atoms with Gasteiger partial charge in [0.2, 0.25) is 0 Å². The fourth-order valence-electron chi connectivity index (χ4n) is 1.76. The highest BCUT2D eigenvalue weighted by Crippen LogP contribution is 2.28. The van der Waals surface area contributed by atoms with Gasteiger partial charge in [-0.25, -0.2) is 0 Å². The maximum Gasteiger partial charge on any atom is 0.141 e. The topological polar surface area (TPSA) is 13.1 Å². The van der Waals surface area contributed by atoms with Gasteiger partial charge in [0, 0.05) is 10.9 Å². The fraction of sp³-hybridized carbons (Fsp3) is 0. The summed E-state index contributed by atoms with van der Waals surface area (Å²) in [5, 5.41) is 1.09. The van der Waals surface area contributed by atoms with Crippen molar-refractivity contribution in [2.24, 2.45) is 0 Å². The van der Waals surface area contributed by atoms with Crippen LogP contribution in [0.3, 0.4) is 0 Å². The molecule has 0 aliphatic carbocycles. The van der Waals surface area contributed by atoms with Gasteiger partial charge in [0.05, 0.1) is 6.26 Å². The molecule has 1 aromatic heterocycles. The summed E-state index contributed by atoms with van der Waals surface area (Å²) in [5.41, 5.74) is 3.19. The highest BCUT2D eigenvalue weighted by Gasteiger charge is 2.05. The largest absolute Gasteiger partial charge is 0.464 e. The molecule has 1 nitrogen and oxygen atoms in total. The molecule has 2 aromatic carbocycles. The van der Waals surface area contributed by atoms with Gasteiger partial charge < -0.3 is 4.42 Å². The van der Waals surface area contributed by atoms with Crippen LogP contribution in [-0.2, 0) is 0 Å². The van der Waals surface area contributed by atoms with Crippen molar-refractivity contribution in [2.75, 3.05) is 0 Å². The van der Waals surface area contributed by atoms with E-state index in [1.165, 1.54) is 0 Å². The zero-order chi connectivity index (χ0) is 10.1. The molecule has 15 heavy (non-hydrogen) atoms. The highest BCUT2D eigenvalue weighted by atomic mass is 16.3. The van der Waals surface area contributed by atoms with E-state index in [0.717, 1.165) is 22.1 Å². The second kappa shape index (κ2) is 3.28. The van der Waals surface area contributed by atoms with Gasteiger partial charge in [-0.2, -0.15) is 0 Å². The van der Waals surface area contributed by atoms with E-state index in [0.29, 0.717) is 0 Å². The summed E-state index contributed by atoms with van der Waals surface area (Å²) < 4.78 is 5.48. The van der Waals surface area contributed by atoms with Crippen molar-refractivity contribution < 1.29 is 4.42 Å². The molecule has 0 aliphatic heterocycles. The van der Waals surface area contributed by atoms with Crippen LogP contribution in [-0.4, -0.2) is 0 Å². The Morgan fingerprint density at radius 1 is 0.933 bits per heavy atom. The average molecular weight is 193 g/mol. The highest BCUT2D eigenvalue weighted by molar-refractivity contribution is 5.92. The van der Waals surface area contributed by atoms with Crippen LogP contribution < -0.4 is 0 Å². The molecule has 0 amide bonds. The van der Waals surface area contributed by atoms with Crippen molar-refractivity contribution >= 4 is 11.0 Å². The van der Waals surface area contributed by atoms with Gasteiger partial charge in [-0.15, -0.1) is 0 Å². The lowest BCUT2D eigenvalue weighted by Gasteiger charge is -2.01. The van der Waals surface area contributed by atoms with Gasteiger partial charge in [0.25, 0.3) is 0 Å². The monoisotopic (exact) mass is 193 g/mol. The molecule has 0 fully saturated rings. The van der Waals surface area contributed by atoms with Gasteiger partial charge in [0.15, 0.2) is 0 Å². The van der Waals surface area contributed by atoms with E-state index in [1.54, 1.807) is 6.26 Å². The normalized spacial score (nSPS) is 10.7. The lowest BCUT2D eigenvalue weighted by atomic mass is 10.0. The Balaban J connectivity index is 2.31. The molecule has 0 unspecified atom stereocenters. The van der Waals surface area contributed by atoms with Gasteiger partial charge in [-0.3, -0.25) is 0 Å². The van der Waals surface area contributed by atoms with E-state index in [2.05, 4.69) is 18.2 Å². The summed E-state index contributed by atoms with van der Waals surface area (Å²) in [6.45, 7) is 0. The van der Waals surface area contributed by atoms with Crippen LogP contribution in [0.4, 0.5) is 0 Å². The minimum absolute atomic E-state index is 0.931. The molecule has 1 heterocycles. The van der Waals surface area contributed by atoms with Crippen LogP contribution in [0.25, 0.3) is 22.1 Å². The summed E-state index contributed by atoms with van der Waals surface area (Å²) >= 11 is 0. The lowest BCUT2D eigenvalue weighted by molar-refractivity contribution is 0.617. The fourth-order valence-corrected chi connectivity index (χ4v) is 1.76. The van der Waals surface area contributed by atoms with Crippen molar-refractivity contribution in [3.8, 4) is 11.1 Å². The summed E-state index contributed by atoms with van der Waals surface area (Å²) in [5.74, 6) is 0. The molecule has 0 N–H and O–H groups in total. The van der Waals surface area contributed by atoms with Crippen LogP contribution in [0.15, 0.2) is 59.2 Å². The Kier molecular flexibility index (Phi) is 1.82. The van der Waals surface area contributed by atoms with Crippen LogP contribution in [0.5, 0.6) is 0 Å². The van der Waals surface area contributed by atoms with Crippen molar-refractivity contribution in [1.29, 1.82) is 0 Å². The number of rotatable bonds is 1. The SMILES string of the molecule is [c]1cc(-c2ccccc2)c2occc2c1. The van der Waals surface area contributed by atoms with Crippen molar-refractivity contribution in [1.82, 2.24) is 0 Å². The Morgan fingerprint density at radius 3 is 2.67 bits per heavy atom. The Hall–Kier alpha value is -2.02. The van der Waals surface area contributed by atoms with E-state index >= 15 is 0 Å². The van der Waals surface area contributed by atoms with E-state index in [-0.39, 0.29) is 0 Å². The summed E-state index contributed by atoms with van der Waals surface area (Å²) in [4.78, 5) is 0. The van der Waals surface area contributed by atoms with Gasteiger partial charge >= 0.3 is 0 Å². The summed E-state index contributed by atoms with van der Waals surface area (Å²) in [6.07, 6.45) is 1.71. The second-order valence-corrected chi connectivity index (χ2v) is 3.44. The first-order chi connectivity index (χ1) is 7.45. The third-order valence-corrected chi connectivity index (χ3v) is 2.49. The molecule has 1 heteroatoms. The first-order valence-electron chi connectivity index (χ1n) is 4.88. The molecule has 0 spiro atoms. The number of fused-ring (bicyclic) bond motifs is 1. The zero-order valence-electron chi connectivity index (χ0n) is 8.10. The first kappa shape index (κ1) is 8.30. The molecule has 0 bridgehead atoms. The predicted octanol–water partition coefficient (Wildman–Crippen LogP) is 3.90. The first-order valence-corrected chi connectivity index (χ1v) is 4.88. The van der Waals surface area contributed by atoms with Crippen molar-refractivity contribution in [3.05, 3.63) is 60.9 Å². The smallest absolute Gasteiger partial charge is 0.141 e. The Morgan fingerprint density at radius 2 is 1.80 bits per heavy atom. The van der Waals surface area contributed by atoms with Crippen LogP contribution >= 0.6 is 0 Å². The van der Waals surface area contributed by atoms with E-state index in [4.69, 9.17) is 4.42 Å². The molecular weight excluding hydrogens is 184 g/mol. The lowest BCUT2D eigenvalue weighted by Crippen LogP contribution is -1.77. The van der Waals surface area contributed by atoms with Gasteiger partial charge in [-0.05, 0) is 29.8 Å². The molecule has 0 saturated carbocycles. The van der Waals surface area contributed by atoms with Crippen LogP contribution in [0.1, 0.15) is 0 Å². The minimum atomic E-state index is 0.931. The van der Waals surface area contributed by atoms with Gasteiger partial charge in [0.1, 0.15) is 5.58 Å². The van der Waals surface area contributed by atoms with E-state index in [1.807, 2.05) is 36.4 Å². The van der Waals surface area contributed by atoms with Crippen molar-refractivity contribution in [2.45, 2.75) is 0 Å². The Labute approximate surface area is 88.0 Å². The molecule has 1 radical (unpaired) electrons. The van der Waals surface area contributed by atoms with E-state index < -0.39 is 0 Å². The molecule has 71 valence electrons. The third kappa shape index (κ3) is 1.33.